The van der Waals surface area contributed by atoms with Crippen molar-refractivity contribution in [3.8, 4) is 5.75 Å². The van der Waals surface area contributed by atoms with Crippen LogP contribution in [-0.2, 0) is 27.2 Å². The van der Waals surface area contributed by atoms with Gasteiger partial charge in [-0.2, -0.15) is 0 Å². The fourth-order valence-electron chi connectivity index (χ4n) is 2.47. The second-order valence-electron chi connectivity index (χ2n) is 6.40. The Balaban J connectivity index is 2.14. The van der Waals surface area contributed by atoms with E-state index in [0.29, 0.717) is 11.3 Å². The molecule has 28 heavy (non-hydrogen) atoms. The number of aromatic hydroxyl groups is 1. The van der Waals surface area contributed by atoms with Crippen molar-refractivity contribution < 1.29 is 24.6 Å². The molecule has 1 aromatic carbocycles. The number of amides is 2. The number of hydrogen-bond donors (Lipinski definition) is 6. The molecule has 3 atom stereocenters. The minimum atomic E-state index is -1.22. The van der Waals surface area contributed by atoms with E-state index in [1.807, 2.05) is 0 Å². The summed E-state index contributed by atoms with van der Waals surface area (Å²) < 4.78 is 0. The van der Waals surface area contributed by atoms with Crippen molar-refractivity contribution in [2.24, 2.45) is 5.73 Å². The van der Waals surface area contributed by atoms with E-state index < -0.39 is 35.9 Å². The van der Waals surface area contributed by atoms with Crippen LogP contribution in [0.4, 0.5) is 0 Å². The van der Waals surface area contributed by atoms with E-state index in [-0.39, 0.29) is 18.6 Å². The first-order valence-corrected chi connectivity index (χ1v) is 8.60. The quantitative estimate of drug-likeness (QED) is 0.329. The first-order chi connectivity index (χ1) is 13.3. The molecule has 0 saturated heterocycles. The molecule has 0 bridgehead atoms. The zero-order valence-corrected chi connectivity index (χ0v) is 15.3. The maximum Gasteiger partial charge on any atom is 0.326 e. The maximum absolute atomic E-state index is 12.7. The Morgan fingerprint density at radius 1 is 1.11 bits per heavy atom. The number of carbonyl (C=O) groups excluding carboxylic acids is 2. The average molecular weight is 389 g/mol. The molecule has 0 aliphatic carbocycles. The van der Waals surface area contributed by atoms with Crippen LogP contribution >= 0.6 is 0 Å². The average Bonchev–Trinajstić information content (AvgIpc) is 3.15. The summed E-state index contributed by atoms with van der Waals surface area (Å²) in [5.41, 5.74) is 6.77. The minimum absolute atomic E-state index is 0.00818. The molecule has 0 saturated carbocycles. The zero-order valence-electron chi connectivity index (χ0n) is 15.3. The Morgan fingerprint density at radius 3 is 2.29 bits per heavy atom. The standard InChI is InChI=1S/C18H23N5O5/c1-10(19)16(25)22-14(6-11-2-4-13(24)5-3-11)17(26)23-15(18(27)28)7-12-8-20-9-21-12/h2-5,8-10,14-15,24H,6-7,19H2,1H3,(H,20,21)(H,22,25)(H,23,26)(H,27,28). The molecule has 0 radical (unpaired) electrons. The summed E-state index contributed by atoms with van der Waals surface area (Å²) in [6.07, 6.45) is 2.98. The second kappa shape index (κ2) is 9.51. The predicted octanol–water partition coefficient (Wildman–Crippen LogP) is -0.698. The summed E-state index contributed by atoms with van der Waals surface area (Å²) in [6, 6.07) is 3.04. The number of nitrogens with one attached hydrogen (secondary N) is 3. The summed E-state index contributed by atoms with van der Waals surface area (Å²) >= 11 is 0. The van der Waals surface area contributed by atoms with Gasteiger partial charge in [-0.3, -0.25) is 9.59 Å². The molecule has 150 valence electrons. The third-order valence-electron chi connectivity index (χ3n) is 4.02. The number of imidazole rings is 1. The SMILES string of the molecule is CC(N)C(=O)NC(Cc1ccc(O)cc1)C(=O)NC(Cc1cnc[nH]1)C(=O)O. The lowest BCUT2D eigenvalue weighted by atomic mass is 10.0. The lowest BCUT2D eigenvalue weighted by Gasteiger charge is -2.22. The van der Waals surface area contributed by atoms with Gasteiger partial charge in [-0.15, -0.1) is 0 Å². The molecule has 10 heteroatoms. The number of carboxylic acids is 1. The topological polar surface area (TPSA) is 170 Å². The normalized spacial score (nSPS) is 13.9. The van der Waals surface area contributed by atoms with Gasteiger partial charge in [0.2, 0.25) is 11.8 Å². The summed E-state index contributed by atoms with van der Waals surface area (Å²) in [7, 11) is 0. The Hall–Kier alpha value is -3.40. The van der Waals surface area contributed by atoms with Crippen LogP contribution in [0.15, 0.2) is 36.8 Å². The highest BCUT2D eigenvalue weighted by Gasteiger charge is 2.28. The Kier molecular flexibility index (Phi) is 7.10. The number of H-pyrrole nitrogens is 1. The minimum Gasteiger partial charge on any atom is -0.508 e. The number of aromatic amines is 1. The van der Waals surface area contributed by atoms with Gasteiger partial charge < -0.3 is 31.6 Å². The van der Waals surface area contributed by atoms with E-state index in [1.54, 1.807) is 12.1 Å². The number of benzene rings is 1. The molecule has 0 aliphatic rings. The molecule has 3 unspecified atom stereocenters. The monoisotopic (exact) mass is 389 g/mol. The van der Waals surface area contributed by atoms with Crippen LogP contribution < -0.4 is 16.4 Å². The van der Waals surface area contributed by atoms with Crippen molar-refractivity contribution >= 4 is 17.8 Å². The van der Waals surface area contributed by atoms with Crippen LogP contribution in [0.2, 0.25) is 0 Å². The van der Waals surface area contributed by atoms with Crippen LogP contribution in [0.25, 0.3) is 0 Å². The van der Waals surface area contributed by atoms with Crippen LogP contribution in [0.5, 0.6) is 5.75 Å². The van der Waals surface area contributed by atoms with Gasteiger partial charge in [0, 0.05) is 24.7 Å². The number of aromatic nitrogens is 2. The molecule has 7 N–H and O–H groups in total. The zero-order chi connectivity index (χ0) is 20.7. The first-order valence-electron chi connectivity index (χ1n) is 8.60. The van der Waals surface area contributed by atoms with Gasteiger partial charge in [-0.25, -0.2) is 9.78 Å². The van der Waals surface area contributed by atoms with E-state index in [1.165, 1.54) is 31.6 Å². The van der Waals surface area contributed by atoms with Crippen molar-refractivity contribution in [2.45, 2.75) is 37.9 Å². The Bertz CT molecular complexity index is 804. The van der Waals surface area contributed by atoms with Gasteiger partial charge >= 0.3 is 5.97 Å². The lowest BCUT2D eigenvalue weighted by molar-refractivity contribution is -0.142. The summed E-state index contributed by atoms with van der Waals surface area (Å²) in [6.45, 7) is 1.48. The molecule has 2 rings (SSSR count). The Morgan fingerprint density at radius 2 is 1.75 bits per heavy atom. The smallest absolute Gasteiger partial charge is 0.326 e. The van der Waals surface area contributed by atoms with E-state index >= 15 is 0 Å². The van der Waals surface area contributed by atoms with Gasteiger partial charge in [0.1, 0.15) is 17.8 Å². The molecule has 0 aliphatic heterocycles. The van der Waals surface area contributed by atoms with Gasteiger partial charge in [0.05, 0.1) is 12.4 Å². The highest BCUT2D eigenvalue weighted by molar-refractivity contribution is 5.91. The Labute approximate surface area is 161 Å². The van der Waals surface area contributed by atoms with Crippen LogP contribution in [0, 0.1) is 0 Å². The summed E-state index contributed by atoms with van der Waals surface area (Å²) in [5.74, 6) is -2.35. The predicted molar refractivity (Wildman–Crippen MR) is 99.2 cm³/mol. The highest BCUT2D eigenvalue weighted by Crippen LogP contribution is 2.12. The number of carbonyl (C=O) groups is 3. The van der Waals surface area contributed by atoms with Crippen molar-refractivity contribution in [2.75, 3.05) is 0 Å². The summed E-state index contributed by atoms with van der Waals surface area (Å²) in [4.78, 5) is 42.8. The molecular weight excluding hydrogens is 366 g/mol. The number of aliphatic carboxylic acids is 1. The van der Waals surface area contributed by atoms with E-state index in [0.717, 1.165) is 0 Å². The van der Waals surface area contributed by atoms with Crippen molar-refractivity contribution in [3.63, 3.8) is 0 Å². The number of phenols is 1. The first kappa shape index (κ1) is 20.9. The van der Waals surface area contributed by atoms with Gasteiger partial charge in [0.25, 0.3) is 0 Å². The van der Waals surface area contributed by atoms with Crippen LogP contribution in [0.1, 0.15) is 18.2 Å². The number of hydrogen-bond acceptors (Lipinski definition) is 6. The maximum atomic E-state index is 12.7. The van der Waals surface area contributed by atoms with E-state index in [4.69, 9.17) is 5.73 Å². The molecule has 10 nitrogen and oxygen atoms in total. The number of nitrogens with two attached hydrogens (primary N) is 1. The largest absolute Gasteiger partial charge is 0.508 e. The van der Waals surface area contributed by atoms with Gasteiger partial charge in [-0.1, -0.05) is 12.1 Å². The molecule has 1 heterocycles. The fraction of sp³-hybridized carbons (Fsp3) is 0.333. The van der Waals surface area contributed by atoms with Crippen LogP contribution in [-0.4, -0.2) is 56.1 Å². The summed E-state index contributed by atoms with van der Waals surface area (Å²) in [5, 5.41) is 23.8. The van der Waals surface area contributed by atoms with Gasteiger partial charge in [-0.05, 0) is 24.6 Å². The van der Waals surface area contributed by atoms with Crippen molar-refractivity contribution in [1.29, 1.82) is 0 Å². The molecular formula is C18H23N5O5. The number of nitrogens with zero attached hydrogens (tertiary/aromatic N) is 1. The molecule has 0 fully saturated rings. The molecule has 0 spiro atoms. The number of rotatable bonds is 9. The fourth-order valence-corrected chi connectivity index (χ4v) is 2.47. The van der Waals surface area contributed by atoms with Crippen molar-refractivity contribution in [3.05, 3.63) is 48.0 Å². The lowest BCUT2D eigenvalue weighted by Crippen LogP contribution is -2.55. The molecule has 2 aromatic rings. The third kappa shape index (κ3) is 6.09. The molecule has 2 amide bonds. The van der Waals surface area contributed by atoms with E-state index in [2.05, 4.69) is 20.6 Å². The molecule has 1 aromatic heterocycles. The van der Waals surface area contributed by atoms with Crippen molar-refractivity contribution in [1.82, 2.24) is 20.6 Å². The third-order valence-corrected chi connectivity index (χ3v) is 4.02. The second-order valence-corrected chi connectivity index (χ2v) is 6.40. The number of phenolic OH excluding ortho intramolecular Hbond substituents is 1. The van der Waals surface area contributed by atoms with Gasteiger partial charge in [0.15, 0.2) is 0 Å². The number of carboxylic acid groups (broad SMARTS) is 1. The highest BCUT2D eigenvalue weighted by atomic mass is 16.4. The van der Waals surface area contributed by atoms with Crippen LogP contribution in [0.3, 0.4) is 0 Å². The van der Waals surface area contributed by atoms with E-state index in [9.17, 15) is 24.6 Å².